The molecule has 3 rings (SSSR count). The number of thiazole rings is 1. The maximum Gasteiger partial charge on any atom is 0.357 e. The van der Waals surface area contributed by atoms with E-state index in [1.165, 1.54) is 11.3 Å². The van der Waals surface area contributed by atoms with E-state index in [2.05, 4.69) is 9.97 Å². The van der Waals surface area contributed by atoms with Gasteiger partial charge in [0, 0.05) is 5.38 Å². The fourth-order valence-corrected chi connectivity index (χ4v) is 3.16. The summed E-state index contributed by atoms with van der Waals surface area (Å²) in [6.45, 7) is 6.26. The maximum atomic E-state index is 11.8. The first kappa shape index (κ1) is 18.3. The van der Waals surface area contributed by atoms with Gasteiger partial charge in [-0.15, -0.1) is 11.3 Å². The number of esters is 1. The molecule has 0 spiro atoms. The summed E-state index contributed by atoms with van der Waals surface area (Å²) in [6.07, 6.45) is -0.299. The smallest absolute Gasteiger partial charge is 0.357 e. The number of carbonyl (C=O) groups excluding carboxylic acids is 1. The highest BCUT2D eigenvalue weighted by molar-refractivity contribution is 7.13. The topological polar surface area (TPSA) is 74.5 Å². The molecule has 0 aliphatic carbocycles. The van der Waals surface area contributed by atoms with Crippen LogP contribution >= 0.6 is 11.3 Å². The molecule has 0 amide bonds. The second kappa shape index (κ2) is 8.25. The zero-order chi connectivity index (χ0) is 18.5. The number of hydrogen-bond donors (Lipinski definition) is 0. The van der Waals surface area contributed by atoms with Crippen molar-refractivity contribution in [3.05, 3.63) is 58.6 Å². The Morgan fingerprint density at radius 2 is 2.04 bits per heavy atom. The summed E-state index contributed by atoms with van der Waals surface area (Å²) in [7, 11) is 0. The average Bonchev–Trinajstić information content (AvgIpc) is 3.27. The number of aromatic nitrogens is 2. The SMILES string of the molecule is CCOC(=O)c1csc(-c2nc(C(C)OCc3ccccc3)oc2C)n1. The summed E-state index contributed by atoms with van der Waals surface area (Å²) in [5.74, 6) is 0.692. The van der Waals surface area contributed by atoms with E-state index >= 15 is 0 Å². The van der Waals surface area contributed by atoms with E-state index in [4.69, 9.17) is 13.9 Å². The van der Waals surface area contributed by atoms with Gasteiger partial charge in [0.1, 0.15) is 22.6 Å². The molecular formula is C19H20N2O4S. The zero-order valence-electron chi connectivity index (χ0n) is 14.9. The Morgan fingerprint density at radius 1 is 1.27 bits per heavy atom. The summed E-state index contributed by atoms with van der Waals surface area (Å²) in [4.78, 5) is 20.6. The molecule has 1 aromatic carbocycles. The van der Waals surface area contributed by atoms with Crippen molar-refractivity contribution < 1.29 is 18.7 Å². The summed E-state index contributed by atoms with van der Waals surface area (Å²) < 4.78 is 16.6. The molecule has 0 aliphatic heterocycles. The van der Waals surface area contributed by atoms with Gasteiger partial charge in [0.25, 0.3) is 0 Å². The number of hydrogen-bond acceptors (Lipinski definition) is 7. The van der Waals surface area contributed by atoms with E-state index < -0.39 is 5.97 Å². The molecule has 0 fully saturated rings. The highest BCUT2D eigenvalue weighted by Crippen LogP contribution is 2.30. The number of benzene rings is 1. The van der Waals surface area contributed by atoms with Crippen LogP contribution in [-0.2, 0) is 16.1 Å². The van der Waals surface area contributed by atoms with Crippen LogP contribution in [0.1, 0.15) is 47.7 Å². The molecule has 0 aliphatic rings. The van der Waals surface area contributed by atoms with Gasteiger partial charge in [-0.05, 0) is 26.3 Å². The van der Waals surface area contributed by atoms with Crippen LogP contribution in [-0.4, -0.2) is 22.5 Å². The van der Waals surface area contributed by atoms with Crippen LogP contribution in [0.25, 0.3) is 10.7 Å². The molecule has 0 saturated carbocycles. The Kier molecular flexibility index (Phi) is 5.80. The molecule has 7 heteroatoms. The number of oxazole rings is 1. The minimum absolute atomic E-state index is 0.282. The second-order valence-electron chi connectivity index (χ2n) is 5.65. The standard InChI is InChI=1S/C19H20N2O4S/c1-4-23-19(22)15-11-26-18(20-15)16-12(2)25-17(21-16)13(3)24-10-14-8-6-5-7-9-14/h5-9,11,13H,4,10H2,1-3H3. The quantitative estimate of drug-likeness (QED) is 0.566. The minimum Gasteiger partial charge on any atom is -0.461 e. The van der Waals surface area contributed by atoms with Crippen LogP contribution in [0.2, 0.25) is 0 Å². The Labute approximate surface area is 155 Å². The first-order valence-corrected chi connectivity index (χ1v) is 9.22. The lowest BCUT2D eigenvalue weighted by Gasteiger charge is -2.09. The van der Waals surface area contributed by atoms with Crippen LogP contribution < -0.4 is 0 Å². The second-order valence-corrected chi connectivity index (χ2v) is 6.51. The molecular weight excluding hydrogens is 352 g/mol. The van der Waals surface area contributed by atoms with E-state index in [0.29, 0.717) is 35.6 Å². The monoisotopic (exact) mass is 372 g/mol. The lowest BCUT2D eigenvalue weighted by molar-refractivity contribution is 0.0341. The van der Waals surface area contributed by atoms with Crippen LogP contribution in [0, 0.1) is 6.92 Å². The molecule has 0 radical (unpaired) electrons. The van der Waals surface area contributed by atoms with Crippen molar-refractivity contribution in [2.75, 3.05) is 6.61 Å². The van der Waals surface area contributed by atoms with Crippen molar-refractivity contribution in [3.8, 4) is 10.7 Å². The summed E-state index contributed by atoms with van der Waals surface area (Å²) in [5.41, 5.74) is 1.99. The summed E-state index contributed by atoms with van der Waals surface area (Å²) in [6, 6.07) is 9.92. The summed E-state index contributed by atoms with van der Waals surface area (Å²) >= 11 is 1.33. The van der Waals surface area contributed by atoms with E-state index in [-0.39, 0.29) is 11.8 Å². The van der Waals surface area contributed by atoms with E-state index in [1.807, 2.05) is 44.2 Å². The van der Waals surface area contributed by atoms with Gasteiger partial charge in [-0.1, -0.05) is 30.3 Å². The molecule has 6 nitrogen and oxygen atoms in total. The van der Waals surface area contributed by atoms with Gasteiger partial charge >= 0.3 is 5.97 Å². The van der Waals surface area contributed by atoms with E-state index in [0.717, 1.165) is 5.56 Å². The number of rotatable bonds is 7. The average molecular weight is 372 g/mol. The van der Waals surface area contributed by atoms with Crippen LogP contribution in [0.4, 0.5) is 0 Å². The largest absolute Gasteiger partial charge is 0.461 e. The van der Waals surface area contributed by atoms with Crippen molar-refractivity contribution >= 4 is 17.3 Å². The molecule has 0 N–H and O–H groups in total. The molecule has 0 saturated heterocycles. The molecule has 0 bridgehead atoms. The molecule has 3 aromatic rings. The predicted octanol–water partition coefficient (Wildman–Crippen LogP) is 4.56. The van der Waals surface area contributed by atoms with Crippen molar-refractivity contribution in [2.45, 2.75) is 33.5 Å². The number of nitrogens with zero attached hydrogens (tertiary/aromatic N) is 2. The Hall–Kier alpha value is -2.51. The molecule has 1 atom stereocenters. The minimum atomic E-state index is -0.434. The van der Waals surface area contributed by atoms with Crippen LogP contribution in [0.3, 0.4) is 0 Å². The fraction of sp³-hybridized carbons (Fsp3) is 0.316. The molecule has 26 heavy (non-hydrogen) atoms. The normalized spacial score (nSPS) is 12.1. The number of ether oxygens (including phenoxy) is 2. The Bertz CT molecular complexity index is 873. The van der Waals surface area contributed by atoms with Gasteiger partial charge in [0.15, 0.2) is 5.69 Å². The molecule has 2 heterocycles. The number of carbonyl (C=O) groups is 1. The van der Waals surface area contributed by atoms with Crippen molar-refractivity contribution in [1.82, 2.24) is 9.97 Å². The lowest BCUT2D eigenvalue weighted by Crippen LogP contribution is -2.04. The Balaban J connectivity index is 1.71. The van der Waals surface area contributed by atoms with E-state index in [1.54, 1.807) is 12.3 Å². The number of aryl methyl sites for hydroxylation is 1. The van der Waals surface area contributed by atoms with Gasteiger partial charge in [-0.25, -0.2) is 14.8 Å². The third-order valence-electron chi connectivity index (χ3n) is 3.70. The van der Waals surface area contributed by atoms with Crippen LogP contribution in [0.5, 0.6) is 0 Å². The van der Waals surface area contributed by atoms with Gasteiger partial charge in [-0.2, -0.15) is 0 Å². The van der Waals surface area contributed by atoms with E-state index in [9.17, 15) is 4.79 Å². The molecule has 2 aromatic heterocycles. The summed E-state index contributed by atoms with van der Waals surface area (Å²) in [5, 5.41) is 2.28. The van der Waals surface area contributed by atoms with Crippen molar-refractivity contribution in [1.29, 1.82) is 0 Å². The highest BCUT2D eigenvalue weighted by Gasteiger charge is 2.21. The first-order chi connectivity index (χ1) is 12.6. The van der Waals surface area contributed by atoms with Gasteiger partial charge in [0.2, 0.25) is 5.89 Å². The maximum absolute atomic E-state index is 11.8. The first-order valence-electron chi connectivity index (χ1n) is 8.34. The van der Waals surface area contributed by atoms with Crippen molar-refractivity contribution in [3.63, 3.8) is 0 Å². The predicted molar refractivity (Wildman–Crippen MR) is 98.0 cm³/mol. The third kappa shape index (κ3) is 4.17. The highest BCUT2D eigenvalue weighted by atomic mass is 32.1. The molecule has 1 unspecified atom stereocenters. The van der Waals surface area contributed by atoms with Gasteiger partial charge in [0.05, 0.1) is 13.2 Å². The van der Waals surface area contributed by atoms with Crippen LogP contribution in [0.15, 0.2) is 40.1 Å². The fourth-order valence-electron chi connectivity index (χ4n) is 2.34. The third-order valence-corrected chi connectivity index (χ3v) is 4.54. The van der Waals surface area contributed by atoms with Crippen molar-refractivity contribution in [2.24, 2.45) is 0 Å². The van der Waals surface area contributed by atoms with Gasteiger partial charge < -0.3 is 13.9 Å². The Morgan fingerprint density at radius 3 is 2.77 bits per heavy atom. The lowest BCUT2D eigenvalue weighted by atomic mass is 10.2. The van der Waals surface area contributed by atoms with Gasteiger partial charge in [-0.3, -0.25) is 0 Å². The molecule has 136 valence electrons. The zero-order valence-corrected chi connectivity index (χ0v) is 15.7.